The molecule has 484 valence electrons. The number of carbonyl (C=O) groups is 2. The van der Waals surface area contributed by atoms with Crippen LogP contribution in [-0.4, -0.2) is 47.4 Å². The van der Waals surface area contributed by atoms with Crippen molar-refractivity contribution in [1.29, 1.82) is 0 Å². The van der Waals surface area contributed by atoms with Crippen LogP contribution in [0.15, 0.2) is 36.5 Å². The second-order valence-corrected chi connectivity index (χ2v) is 25.6. The Bertz CT molecular complexity index is 1330. The van der Waals surface area contributed by atoms with E-state index in [-0.39, 0.29) is 18.5 Å². The van der Waals surface area contributed by atoms with Gasteiger partial charge in [-0.05, 0) is 77.0 Å². The third-order valence-electron chi connectivity index (χ3n) is 17.4. The van der Waals surface area contributed by atoms with Gasteiger partial charge in [-0.3, -0.25) is 9.59 Å². The van der Waals surface area contributed by atoms with Gasteiger partial charge in [0.15, 0.2) is 0 Å². The van der Waals surface area contributed by atoms with Crippen LogP contribution in [-0.2, 0) is 14.3 Å². The summed E-state index contributed by atoms with van der Waals surface area (Å²) < 4.78 is 5.49. The van der Waals surface area contributed by atoms with E-state index in [1.54, 1.807) is 0 Å². The molecule has 0 aliphatic carbocycles. The second kappa shape index (κ2) is 71.6. The third kappa shape index (κ3) is 67.2. The van der Waals surface area contributed by atoms with Gasteiger partial charge >= 0.3 is 5.97 Å². The van der Waals surface area contributed by atoms with Crippen molar-refractivity contribution in [3.05, 3.63) is 36.5 Å². The summed E-state index contributed by atoms with van der Waals surface area (Å²) >= 11 is 0. The Morgan fingerprint density at radius 1 is 0.341 bits per heavy atom. The van der Waals surface area contributed by atoms with Crippen molar-refractivity contribution in [2.24, 2.45) is 0 Å². The van der Waals surface area contributed by atoms with Gasteiger partial charge < -0.3 is 20.3 Å². The first-order chi connectivity index (χ1) is 40.5. The lowest BCUT2D eigenvalue weighted by Gasteiger charge is -2.22. The number of ether oxygens (including phenoxy) is 1. The minimum atomic E-state index is -0.660. The lowest BCUT2D eigenvalue weighted by molar-refractivity contribution is -0.143. The van der Waals surface area contributed by atoms with E-state index < -0.39 is 12.1 Å². The monoisotopic (exact) mass is 1150 g/mol. The number of aliphatic hydroxyl groups excluding tert-OH is 2. The molecule has 0 spiro atoms. The number of nitrogens with one attached hydrogen (secondary N) is 1. The molecule has 0 saturated carbocycles. The highest BCUT2D eigenvalue weighted by Gasteiger charge is 2.20. The first kappa shape index (κ1) is 80.1. The average molecular weight is 1150 g/mol. The minimum Gasteiger partial charge on any atom is -0.466 e. The molecule has 6 heteroatoms. The Morgan fingerprint density at radius 3 is 0.976 bits per heavy atom. The fourth-order valence-electron chi connectivity index (χ4n) is 11.7. The van der Waals surface area contributed by atoms with Crippen LogP contribution in [0.25, 0.3) is 0 Å². The van der Waals surface area contributed by atoms with Gasteiger partial charge in [0.25, 0.3) is 0 Å². The zero-order valence-corrected chi connectivity index (χ0v) is 55.5. The first-order valence-corrected chi connectivity index (χ1v) is 37.2. The summed E-state index contributed by atoms with van der Waals surface area (Å²) in [5.41, 5.74) is 0. The third-order valence-corrected chi connectivity index (χ3v) is 17.4. The zero-order valence-electron chi connectivity index (χ0n) is 55.5. The van der Waals surface area contributed by atoms with E-state index in [2.05, 4.69) is 55.6 Å². The summed E-state index contributed by atoms with van der Waals surface area (Å²) in [4.78, 5) is 24.5. The molecule has 0 bridgehead atoms. The number of hydrogen-bond donors (Lipinski definition) is 3. The molecule has 0 fully saturated rings. The van der Waals surface area contributed by atoms with Crippen LogP contribution in [0, 0.1) is 0 Å². The van der Waals surface area contributed by atoms with Crippen molar-refractivity contribution in [2.75, 3.05) is 13.2 Å². The normalized spacial score (nSPS) is 12.7. The highest BCUT2D eigenvalue weighted by atomic mass is 16.5. The quantitative estimate of drug-likeness (QED) is 0.0320. The van der Waals surface area contributed by atoms with E-state index in [1.807, 2.05) is 0 Å². The number of carbonyl (C=O) groups excluding carboxylic acids is 2. The van der Waals surface area contributed by atoms with E-state index in [0.717, 1.165) is 51.4 Å². The summed E-state index contributed by atoms with van der Waals surface area (Å²) in [5.74, 6) is -0.0210. The summed E-state index contributed by atoms with van der Waals surface area (Å²) in [6, 6.07) is -0.537. The van der Waals surface area contributed by atoms with Crippen LogP contribution < -0.4 is 5.32 Å². The molecule has 0 aromatic heterocycles. The molecule has 0 aliphatic heterocycles. The second-order valence-electron chi connectivity index (χ2n) is 25.6. The number of amides is 1. The van der Waals surface area contributed by atoms with Gasteiger partial charge in [0.2, 0.25) is 5.91 Å². The van der Waals surface area contributed by atoms with Gasteiger partial charge in [-0.2, -0.15) is 0 Å². The zero-order chi connectivity index (χ0) is 59.2. The first-order valence-electron chi connectivity index (χ1n) is 37.2. The van der Waals surface area contributed by atoms with Crippen molar-refractivity contribution in [3.8, 4) is 0 Å². The molecule has 82 heavy (non-hydrogen) atoms. The van der Waals surface area contributed by atoms with Gasteiger partial charge in [0, 0.05) is 12.8 Å². The molecular formula is C76H145NO5. The van der Waals surface area contributed by atoms with Crippen LogP contribution >= 0.6 is 0 Å². The number of allylic oxidation sites excluding steroid dienone is 6. The van der Waals surface area contributed by atoms with Gasteiger partial charge in [0.1, 0.15) is 0 Å². The topological polar surface area (TPSA) is 95.9 Å². The van der Waals surface area contributed by atoms with E-state index in [4.69, 9.17) is 4.74 Å². The number of rotatable bonds is 70. The Labute approximate surface area is 513 Å². The Hall–Kier alpha value is -1.92. The molecule has 0 saturated heterocycles. The smallest absolute Gasteiger partial charge is 0.305 e. The van der Waals surface area contributed by atoms with E-state index in [0.29, 0.717) is 25.9 Å². The Balaban J connectivity index is 3.31. The maximum absolute atomic E-state index is 12.5. The summed E-state index contributed by atoms with van der Waals surface area (Å²) in [6.07, 6.45) is 92.3. The predicted molar refractivity (Wildman–Crippen MR) is 361 cm³/mol. The highest BCUT2D eigenvalue weighted by Crippen LogP contribution is 2.19. The van der Waals surface area contributed by atoms with Gasteiger partial charge in [-0.25, -0.2) is 0 Å². The maximum Gasteiger partial charge on any atom is 0.305 e. The number of esters is 1. The fourth-order valence-corrected chi connectivity index (χ4v) is 11.7. The molecule has 1 amide bonds. The Morgan fingerprint density at radius 2 is 0.622 bits per heavy atom. The molecular weight excluding hydrogens is 1010 g/mol. The lowest BCUT2D eigenvalue weighted by Crippen LogP contribution is -2.45. The van der Waals surface area contributed by atoms with Crippen molar-refractivity contribution >= 4 is 11.9 Å². The van der Waals surface area contributed by atoms with Crippen LogP contribution in [0.2, 0.25) is 0 Å². The van der Waals surface area contributed by atoms with Crippen LogP contribution in [0.1, 0.15) is 412 Å². The molecule has 0 aromatic carbocycles. The molecule has 0 aromatic rings. The van der Waals surface area contributed by atoms with Crippen LogP contribution in [0.3, 0.4) is 0 Å². The van der Waals surface area contributed by atoms with Crippen LogP contribution in [0.4, 0.5) is 0 Å². The van der Waals surface area contributed by atoms with Crippen molar-refractivity contribution in [2.45, 2.75) is 424 Å². The molecule has 0 radical (unpaired) electrons. The van der Waals surface area contributed by atoms with Gasteiger partial charge in [-0.1, -0.05) is 359 Å². The average Bonchev–Trinajstić information content (AvgIpc) is 3.48. The van der Waals surface area contributed by atoms with Crippen LogP contribution in [0.5, 0.6) is 0 Å². The number of unbranched alkanes of at least 4 members (excludes halogenated alkanes) is 53. The molecule has 0 rings (SSSR count). The van der Waals surface area contributed by atoms with Crippen molar-refractivity contribution < 1.29 is 24.5 Å². The largest absolute Gasteiger partial charge is 0.466 e. The highest BCUT2D eigenvalue weighted by molar-refractivity contribution is 5.76. The van der Waals surface area contributed by atoms with Crippen molar-refractivity contribution in [1.82, 2.24) is 5.32 Å². The van der Waals surface area contributed by atoms with E-state index in [1.165, 1.54) is 327 Å². The standard InChI is InChI=1S/C76H145NO5/c1-3-5-7-9-11-13-15-17-46-50-54-58-62-66-70-76(81)82-71-67-63-59-55-51-47-44-42-40-38-36-34-32-30-28-26-24-22-20-18-19-21-23-25-27-29-31-33-35-37-39-41-43-45-49-53-57-61-65-69-75(80)77-73(72-78)74(79)68-64-60-56-52-48-16-14-12-10-8-6-4-2/h9,11,15,17-19,73-74,78-79H,3-8,10,12-14,16,20-72H2,1-2H3,(H,77,80)/b11-9-,17-15-,19-18-. The Kier molecular flexibility index (Phi) is 69.9. The van der Waals surface area contributed by atoms with Gasteiger partial charge in [0.05, 0.1) is 25.4 Å². The van der Waals surface area contributed by atoms with E-state index >= 15 is 0 Å². The minimum absolute atomic E-state index is 0.00805. The van der Waals surface area contributed by atoms with Gasteiger partial charge in [-0.15, -0.1) is 0 Å². The predicted octanol–water partition coefficient (Wildman–Crippen LogP) is 24.3. The molecule has 0 aliphatic rings. The number of hydrogen-bond acceptors (Lipinski definition) is 5. The molecule has 3 N–H and O–H groups in total. The summed E-state index contributed by atoms with van der Waals surface area (Å²) in [5, 5.41) is 23.3. The van der Waals surface area contributed by atoms with Crippen molar-refractivity contribution in [3.63, 3.8) is 0 Å². The lowest BCUT2D eigenvalue weighted by atomic mass is 10.0. The molecule has 0 heterocycles. The number of aliphatic hydroxyl groups is 2. The molecule has 2 atom stereocenters. The molecule has 6 nitrogen and oxygen atoms in total. The van der Waals surface area contributed by atoms with E-state index in [9.17, 15) is 19.8 Å². The maximum atomic E-state index is 12.5. The fraction of sp³-hybridized carbons (Fsp3) is 0.895. The summed E-state index contributed by atoms with van der Waals surface area (Å²) in [7, 11) is 0. The summed E-state index contributed by atoms with van der Waals surface area (Å²) in [6.45, 7) is 4.93. The SMILES string of the molecule is CCCC/C=C\C/C=C\CCCCCCCC(=O)OCCCCCCCCCCCCCCCCCCCC/C=C\CCCCCCCCCCCCCCCCCCCC(=O)NC(CO)C(O)CCCCCCCCCCCCCC. The molecule has 2 unspecified atom stereocenters.